The standard InChI is InChI=1S/C13H22OS/c1-9-3-4-13-12(7-9)11(5-6-15-13)10(2)8-14/h8-13H,3-7H2,1-2H3. The summed E-state index contributed by atoms with van der Waals surface area (Å²) in [5.41, 5.74) is 0. The summed E-state index contributed by atoms with van der Waals surface area (Å²) < 4.78 is 0. The first-order chi connectivity index (χ1) is 7.22. The molecule has 1 nitrogen and oxygen atoms in total. The van der Waals surface area contributed by atoms with Crippen molar-refractivity contribution in [3.05, 3.63) is 0 Å². The molecular weight excluding hydrogens is 204 g/mol. The Labute approximate surface area is 97.4 Å². The van der Waals surface area contributed by atoms with Crippen LogP contribution in [0.5, 0.6) is 0 Å². The van der Waals surface area contributed by atoms with Crippen molar-refractivity contribution in [3.63, 3.8) is 0 Å². The number of carbonyl (C=O) groups is 1. The van der Waals surface area contributed by atoms with Crippen molar-refractivity contribution < 1.29 is 4.79 Å². The van der Waals surface area contributed by atoms with Gasteiger partial charge in [-0.2, -0.15) is 11.8 Å². The molecule has 1 saturated carbocycles. The Hall–Kier alpha value is 0.0200. The molecule has 0 aromatic rings. The number of thioether (sulfide) groups is 1. The molecule has 0 N–H and O–H groups in total. The normalized spacial score (nSPS) is 43.1. The van der Waals surface area contributed by atoms with Gasteiger partial charge < -0.3 is 4.79 Å². The summed E-state index contributed by atoms with van der Waals surface area (Å²) in [7, 11) is 0. The van der Waals surface area contributed by atoms with Crippen molar-refractivity contribution in [2.45, 2.75) is 44.8 Å². The predicted molar refractivity (Wildman–Crippen MR) is 66.1 cm³/mol. The quantitative estimate of drug-likeness (QED) is 0.671. The van der Waals surface area contributed by atoms with Crippen LogP contribution in [0.2, 0.25) is 0 Å². The number of fused-ring (bicyclic) bond motifs is 1. The van der Waals surface area contributed by atoms with Crippen LogP contribution in [0.4, 0.5) is 0 Å². The maximum absolute atomic E-state index is 11.0. The van der Waals surface area contributed by atoms with Crippen molar-refractivity contribution in [2.75, 3.05) is 5.75 Å². The van der Waals surface area contributed by atoms with E-state index in [2.05, 4.69) is 25.6 Å². The minimum atomic E-state index is 0.281. The highest BCUT2D eigenvalue weighted by molar-refractivity contribution is 7.99. The van der Waals surface area contributed by atoms with Gasteiger partial charge in [-0.15, -0.1) is 0 Å². The molecular formula is C13H22OS. The van der Waals surface area contributed by atoms with E-state index in [4.69, 9.17) is 0 Å². The molecule has 5 unspecified atom stereocenters. The van der Waals surface area contributed by atoms with Crippen LogP contribution in [0.1, 0.15) is 39.5 Å². The summed E-state index contributed by atoms with van der Waals surface area (Å²) in [5, 5.41) is 0.863. The first-order valence-electron chi connectivity index (χ1n) is 6.29. The van der Waals surface area contributed by atoms with Crippen LogP contribution in [0.25, 0.3) is 0 Å². The summed E-state index contributed by atoms with van der Waals surface area (Å²) >= 11 is 2.16. The first-order valence-corrected chi connectivity index (χ1v) is 7.34. The van der Waals surface area contributed by atoms with Gasteiger partial charge in [-0.05, 0) is 49.2 Å². The molecule has 86 valence electrons. The lowest BCUT2D eigenvalue weighted by atomic mass is 9.70. The van der Waals surface area contributed by atoms with E-state index in [1.165, 1.54) is 37.7 Å². The average molecular weight is 226 g/mol. The molecule has 1 heterocycles. The van der Waals surface area contributed by atoms with Gasteiger partial charge in [0.15, 0.2) is 0 Å². The molecule has 15 heavy (non-hydrogen) atoms. The zero-order chi connectivity index (χ0) is 10.8. The Morgan fingerprint density at radius 2 is 2.13 bits per heavy atom. The second kappa shape index (κ2) is 4.90. The predicted octanol–water partition coefficient (Wildman–Crippen LogP) is 3.38. The first kappa shape index (κ1) is 11.5. The molecule has 0 radical (unpaired) electrons. The van der Waals surface area contributed by atoms with Gasteiger partial charge in [0.05, 0.1) is 0 Å². The lowest BCUT2D eigenvalue weighted by Gasteiger charge is -2.44. The largest absolute Gasteiger partial charge is 0.303 e. The lowest BCUT2D eigenvalue weighted by molar-refractivity contribution is -0.113. The Balaban J connectivity index is 2.07. The van der Waals surface area contributed by atoms with Gasteiger partial charge >= 0.3 is 0 Å². The average Bonchev–Trinajstić information content (AvgIpc) is 2.27. The Morgan fingerprint density at radius 3 is 2.87 bits per heavy atom. The molecule has 1 aliphatic carbocycles. The van der Waals surface area contributed by atoms with Crippen molar-refractivity contribution in [1.29, 1.82) is 0 Å². The van der Waals surface area contributed by atoms with Crippen LogP contribution in [-0.2, 0) is 4.79 Å². The minimum absolute atomic E-state index is 0.281. The monoisotopic (exact) mass is 226 g/mol. The minimum Gasteiger partial charge on any atom is -0.303 e. The second-order valence-corrected chi connectivity index (χ2v) is 6.79. The van der Waals surface area contributed by atoms with E-state index in [0.717, 1.165) is 17.1 Å². The third kappa shape index (κ3) is 2.41. The van der Waals surface area contributed by atoms with Crippen LogP contribution in [0, 0.1) is 23.7 Å². The van der Waals surface area contributed by atoms with E-state index in [9.17, 15) is 4.79 Å². The summed E-state index contributed by atoms with van der Waals surface area (Å²) in [6.45, 7) is 4.49. The molecule has 0 bridgehead atoms. The molecule has 2 fully saturated rings. The molecule has 0 spiro atoms. The number of aldehydes is 1. The molecule has 2 aliphatic rings. The maximum atomic E-state index is 11.0. The van der Waals surface area contributed by atoms with Gasteiger partial charge in [-0.25, -0.2) is 0 Å². The molecule has 2 rings (SSSR count). The highest BCUT2D eigenvalue weighted by Gasteiger charge is 2.39. The number of hydrogen-bond acceptors (Lipinski definition) is 2. The zero-order valence-corrected chi connectivity index (χ0v) is 10.6. The van der Waals surface area contributed by atoms with E-state index in [0.29, 0.717) is 5.92 Å². The smallest absolute Gasteiger partial charge is 0.123 e. The van der Waals surface area contributed by atoms with Crippen molar-refractivity contribution in [2.24, 2.45) is 23.7 Å². The van der Waals surface area contributed by atoms with Crippen LogP contribution in [0.15, 0.2) is 0 Å². The van der Waals surface area contributed by atoms with Crippen molar-refractivity contribution in [1.82, 2.24) is 0 Å². The van der Waals surface area contributed by atoms with Crippen LogP contribution < -0.4 is 0 Å². The van der Waals surface area contributed by atoms with Gasteiger partial charge in [-0.3, -0.25) is 0 Å². The van der Waals surface area contributed by atoms with E-state index in [1.807, 2.05) is 0 Å². The highest BCUT2D eigenvalue weighted by Crippen LogP contribution is 2.47. The number of hydrogen-bond donors (Lipinski definition) is 0. The van der Waals surface area contributed by atoms with E-state index < -0.39 is 0 Å². The Bertz CT molecular complexity index is 229. The SMILES string of the molecule is CC1CCC2SCCC(C(C)C=O)C2C1. The molecule has 5 atom stereocenters. The summed E-state index contributed by atoms with van der Waals surface area (Å²) in [4.78, 5) is 11.0. The molecule has 1 saturated heterocycles. The van der Waals surface area contributed by atoms with Gasteiger partial charge in [0.25, 0.3) is 0 Å². The molecule has 1 aliphatic heterocycles. The maximum Gasteiger partial charge on any atom is 0.123 e. The summed E-state index contributed by atoms with van der Waals surface area (Å²) in [5.74, 6) is 3.94. The van der Waals surface area contributed by atoms with Gasteiger partial charge in [0, 0.05) is 11.2 Å². The van der Waals surface area contributed by atoms with Gasteiger partial charge in [-0.1, -0.05) is 13.8 Å². The van der Waals surface area contributed by atoms with Crippen LogP contribution >= 0.6 is 11.8 Å². The fourth-order valence-electron chi connectivity index (χ4n) is 3.38. The molecule has 0 amide bonds. The van der Waals surface area contributed by atoms with E-state index in [-0.39, 0.29) is 5.92 Å². The summed E-state index contributed by atoms with van der Waals surface area (Å²) in [6.07, 6.45) is 6.59. The van der Waals surface area contributed by atoms with Gasteiger partial charge in [0.1, 0.15) is 6.29 Å². The van der Waals surface area contributed by atoms with Crippen molar-refractivity contribution >= 4 is 18.0 Å². The Morgan fingerprint density at radius 1 is 1.33 bits per heavy atom. The zero-order valence-electron chi connectivity index (χ0n) is 9.82. The summed E-state index contributed by atoms with van der Waals surface area (Å²) in [6, 6.07) is 0. The number of rotatable bonds is 2. The molecule has 2 heteroatoms. The third-order valence-corrected chi connectivity index (χ3v) is 5.80. The lowest BCUT2D eigenvalue weighted by Crippen LogP contribution is -2.39. The van der Waals surface area contributed by atoms with Crippen molar-refractivity contribution in [3.8, 4) is 0 Å². The van der Waals surface area contributed by atoms with E-state index in [1.54, 1.807) is 0 Å². The number of carbonyl (C=O) groups excluding carboxylic acids is 1. The topological polar surface area (TPSA) is 17.1 Å². The second-order valence-electron chi connectivity index (χ2n) is 5.44. The fraction of sp³-hybridized carbons (Fsp3) is 0.923. The van der Waals surface area contributed by atoms with Crippen LogP contribution in [-0.4, -0.2) is 17.3 Å². The molecule has 0 aromatic heterocycles. The Kier molecular flexibility index (Phi) is 3.76. The van der Waals surface area contributed by atoms with Crippen LogP contribution in [0.3, 0.4) is 0 Å². The molecule has 0 aromatic carbocycles. The fourth-order valence-corrected chi connectivity index (χ4v) is 4.95. The van der Waals surface area contributed by atoms with Gasteiger partial charge in [0.2, 0.25) is 0 Å². The highest BCUT2D eigenvalue weighted by atomic mass is 32.2. The third-order valence-electron chi connectivity index (χ3n) is 4.32. The van der Waals surface area contributed by atoms with E-state index >= 15 is 0 Å².